The number of ether oxygens (including phenoxy) is 2. The molecule has 5 rings (SSSR count). The second-order valence-electron chi connectivity index (χ2n) is 17.2. The SMILES string of the molecule is CC[C@H](CC[C@@H](C)[C@H]1[C@@H](O)[C@H](O)[C@H]2[C@@H]3C[C@@H](O)[C@@]4(O)C[C@@H](O)CC[C@]4(C)[C@H]3CC[C@]12C)[C@@](C)(O)COC(=O)[C@@](OC)(c1ccccc1)C(F)(F)F. The zero-order chi connectivity index (χ0) is 37.9. The molecule has 0 aromatic heterocycles. The van der Waals surface area contributed by atoms with Crippen molar-refractivity contribution in [2.75, 3.05) is 13.7 Å². The molecule has 0 amide bonds. The number of methoxy groups -OCH3 is 1. The number of fused-ring (bicyclic) bond motifs is 5. The molecule has 6 N–H and O–H groups in total. The number of aliphatic hydroxyl groups excluding tert-OH is 4. The van der Waals surface area contributed by atoms with Gasteiger partial charge in [0.05, 0.1) is 35.6 Å². The normalized spacial score (nSPS) is 41.6. The van der Waals surface area contributed by atoms with Gasteiger partial charge in [0.15, 0.2) is 0 Å². The Kier molecular flexibility index (Phi) is 11.2. The van der Waals surface area contributed by atoms with E-state index in [2.05, 4.69) is 6.92 Å². The lowest BCUT2D eigenvalue weighted by Gasteiger charge is -2.65. The number of carbonyl (C=O) groups is 1. The van der Waals surface area contributed by atoms with E-state index in [1.165, 1.54) is 25.1 Å². The number of aliphatic hydroxyl groups is 6. The first-order valence-electron chi connectivity index (χ1n) is 18.7. The van der Waals surface area contributed by atoms with Gasteiger partial charge in [-0.25, -0.2) is 4.79 Å². The zero-order valence-corrected chi connectivity index (χ0v) is 30.8. The summed E-state index contributed by atoms with van der Waals surface area (Å²) in [5.41, 5.74) is -8.02. The summed E-state index contributed by atoms with van der Waals surface area (Å²) < 4.78 is 53.2. The van der Waals surface area contributed by atoms with Crippen LogP contribution in [0.4, 0.5) is 13.2 Å². The highest BCUT2D eigenvalue weighted by molar-refractivity contribution is 5.82. The third-order valence-electron chi connectivity index (χ3n) is 14.6. The Bertz CT molecular complexity index is 1380. The summed E-state index contributed by atoms with van der Waals surface area (Å²) in [6.07, 6.45) is -4.61. The van der Waals surface area contributed by atoms with Gasteiger partial charge in [-0.2, -0.15) is 13.2 Å². The number of benzene rings is 1. The average molecular weight is 729 g/mol. The molecule has 0 saturated heterocycles. The van der Waals surface area contributed by atoms with Crippen LogP contribution in [0.25, 0.3) is 0 Å². The highest BCUT2D eigenvalue weighted by Gasteiger charge is 2.70. The van der Waals surface area contributed by atoms with Crippen LogP contribution < -0.4 is 0 Å². The van der Waals surface area contributed by atoms with Gasteiger partial charge >= 0.3 is 12.1 Å². The molecule has 4 saturated carbocycles. The molecule has 4 fully saturated rings. The topological polar surface area (TPSA) is 157 Å². The lowest BCUT2D eigenvalue weighted by atomic mass is 9.42. The highest BCUT2D eigenvalue weighted by atomic mass is 19.4. The van der Waals surface area contributed by atoms with Crippen LogP contribution >= 0.6 is 0 Å². The lowest BCUT2D eigenvalue weighted by molar-refractivity contribution is -0.278. The molecule has 0 unspecified atom stereocenters. The second-order valence-corrected chi connectivity index (χ2v) is 17.2. The quantitative estimate of drug-likeness (QED) is 0.175. The van der Waals surface area contributed by atoms with Crippen molar-refractivity contribution in [3.8, 4) is 0 Å². The summed E-state index contributed by atoms with van der Waals surface area (Å²) in [6.45, 7) is 8.72. The molecular weight excluding hydrogens is 669 g/mol. The van der Waals surface area contributed by atoms with E-state index < -0.39 is 82.3 Å². The minimum Gasteiger partial charge on any atom is -0.460 e. The van der Waals surface area contributed by atoms with Crippen LogP contribution in [0.15, 0.2) is 30.3 Å². The molecule has 4 aliphatic carbocycles. The first kappa shape index (κ1) is 40.4. The van der Waals surface area contributed by atoms with Gasteiger partial charge < -0.3 is 40.1 Å². The number of carbonyl (C=O) groups excluding carboxylic acids is 1. The Balaban J connectivity index is 1.29. The van der Waals surface area contributed by atoms with Gasteiger partial charge in [-0.15, -0.1) is 0 Å². The fourth-order valence-electron chi connectivity index (χ4n) is 11.8. The van der Waals surface area contributed by atoms with Crippen molar-refractivity contribution >= 4 is 5.97 Å². The molecule has 1 aromatic carbocycles. The summed E-state index contributed by atoms with van der Waals surface area (Å²) in [5.74, 6) is -3.01. The fraction of sp³-hybridized carbons (Fsp3) is 0.821. The van der Waals surface area contributed by atoms with Crippen LogP contribution in [-0.4, -0.2) is 92.1 Å². The largest absolute Gasteiger partial charge is 0.460 e. The van der Waals surface area contributed by atoms with E-state index in [0.29, 0.717) is 38.5 Å². The Morgan fingerprint density at radius 3 is 2.25 bits per heavy atom. The molecule has 290 valence electrons. The maximum Gasteiger partial charge on any atom is 0.432 e. The molecule has 12 heteroatoms. The number of rotatable bonds is 11. The molecule has 0 radical (unpaired) electrons. The van der Waals surface area contributed by atoms with Gasteiger partial charge in [0, 0.05) is 24.5 Å². The molecule has 9 nitrogen and oxygen atoms in total. The van der Waals surface area contributed by atoms with Crippen molar-refractivity contribution < 1.29 is 58.1 Å². The number of hydrogen-bond acceptors (Lipinski definition) is 9. The molecular formula is C39H59F3O9. The Labute approximate surface area is 299 Å². The third kappa shape index (κ3) is 6.36. The number of hydrogen-bond donors (Lipinski definition) is 6. The summed E-state index contributed by atoms with van der Waals surface area (Å²) >= 11 is 0. The average Bonchev–Trinajstić information content (AvgIpc) is 3.26. The van der Waals surface area contributed by atoms with Crippen LogP contribution in [0.2, 0.25) is 0 Å². The van der Waals surface area contributed by atoms with Gasteiger partial charge in [-0.3, -0.25) is 0 Å². The third-order valence-corrected chi connectivity index (χ3v) is 14.6. The van der Waals surface area contributed by atoms with E-state index >= 15 is 0 Å². The van der Waals surface area contributed by atoms with Gasteiger partial charge in [-0.1, -0.05) is 64.4 Å². The Morgan fingerprint density at radius 2 is 1.67 bits per heavy atom. The van der Waals surface area contributed by atoms with Gasteiger partial charge in [0.1, 0.15) is 6.61 Å². The van der Waals surface area contributed by atoms with E-state index in [1.54, 1.807) is 0 Å². The predicted molar refractivity (Wildman–Crippen MR) is 182 cm³/mol. The minimum atomic E-state index is -5.14. The zero-order valence-electron chi connectivity index (χ0n) is 30.8. The van der Waals surface area contributed by atoms with Crippen LogP contribution in [0.3, 0.4) is 0 Å². The molecule has 51 heavy (non-hydrogen) atoms. The standard InChI is InChI=1S/C39H59F3O9/c1-7-23(36(5,48)21-51-33(47)38(50-6,39(40,41)42)24-11-9-8-10-12-24)14-13-22(2)29-31(45)32(46)30-26-19-28(44)37(49)20-25(43)15-18-35(37,4)27(26)16-17-34(29,30)3/h8-12,22-23,25-32,43-46,48-49H,7,13-21H2,1-6H3/t22-,23-,25+,26-,27+,28-,29+,30-,31-,32-,34-,35-,36+,37+,38+/m1/s1. The van der Waals surface area contributed by atoms with Crippen LogP contribution in [0, 0.1) is 46.3 Å². The minimum absolute atomic E-state index is 0.00532. The summed E-state index contributed by atoms with van der Waals surface area (Å²) in [4.78, 5) is 13.2. The smallest absolute Gasteiger partial charge is 0.432 e. The van der Waals surface area contributed by atoms with E-state index in [1.807, 2.05) is 20.8 Å². The van der Waals surface area contributed by atoms with E-state index in [0.717, 1.165) is 25.7 Å². The molecule has 0 bridgehead atoms. The maximum absolute atomic E-state index is 14.4. The van der Waals surface area contributed by atoms with Crippen molar-refractivity contribution in [1.29, 1.82) is 0 Å². The van der Waals surface area contributed by atoms with Gasteiger partial charge in [0.25, 0.3) is 5.60 Å². The molecule has 0 heterocycles. The maximum atomic E-state index is 14.4. The van der Waals surface area contributed by atoms with Crippen LogP contribution in [0.1, 0.15) is 98.0 Å². The molecule has 1 aromatic rings. The summed E-state index contributed by atoms with van der Waals surface area (Å²) in [6, 6.07) is 6.51. The van der Waals surface area contributed by atoms with Crippen LogP contribution in [0.5, 0.6) is 0 Å². The molecule has 15 atom stereocenters. The van der Waals surface area contributed by atoms with Crippen LogP contribution in [-0.2, 0) is 19.9 Å². The predicted octanol–water partition coefficient (Wildman–Crippen LogP) is 4.87. The second kappa shape index (κ2) is 14.1. The van der Waals surface area contributed by atoms with Crippen molar-refractivity contribution in [1.82, 2.24) is 0 Å². The highest BCUT2D eigenvalue weighted by Crippen LogP contribution is 2.69. The molecule has 4 aliphatic rings. The number of esters is 1. The van der Waals surface area contributed by atoms with E-state index in [4.69, 9.17) is 9.47 Å². The summed E-state index contributed by atoms with van der Waals surface area (Å²) in [5, 5.41) is 68.4. The Morgan fingerprint density at radius 1 is 1.02 bits per heavy atom. The molecule has 0 aliphatic heterocycles. The van der Waals surface area contributed by atoms with Crippen molar-refractivity contribution in [2.45, 2.75) is 140 Å². The first-order chi connectivity index (χ1) is 23.7. The van der Waals surface area contributed by atoms with E-state index in [-0.39, 0.29) is 42.4 Å². The monoisotopic (exact) mass is 728 g/mol. The first-order valence-corrected chi connectivity index (χ1v) is 18.7. The van der Waals surface area contributed by atoms with Crippen molar-refractivity contribution in [3.05, 3.63) is 35.9 Å². The number of halogens is 3. The molecule has 0 spiro atoms. The van der Waals surface area contributed by atoms with E-state index in [9.17, 15) is 48.6 Å². The van der Waals surface area contributed by atoms with Crippen molar-refractivity contribution in [3.63, 3.8) is 0 Å². The number of alkyl halides is 3. The summed E-state index contributed by atoms with van der Waals surface area (Å²) in [7, 11) is 0.791. The van der Waals surface area contributed by atoms with Crippen molar-refractivity contribution in [2.24, 2.45) is 46.3 Å². The van der Waals surface area contributed by atoms with Gasteiger partial charge in [-0.05, 0) is 92.8 Å². The fourth-order valence-corrected chi connectivity index (χ4v) is 11.8. The van der Waals surface area contributed by atoms with Gasteiger partial charge in [0.2, 0.25) is 0 Å². The lowest BCUT2D eigenvalue weighted by Crippen LogP contribution is -2.69. The Hall–Kier alpha value is -1.80.